The van der Waals surface area contributed by atoms with Crippen LogP contribution in [0.2, 0.25) is 26.2 Å². The Labute approximate surface area is 115 Å². The zero-order chi connectivity index (χ0) is 13.0. The average molecular weight is 285 g/mol. The first-order chi connectivity index (χ1) is 8.02. The van der Waals surface area contributed by atoms with Crippen LogP contribution in [0.3, 0.4) is 0 Å². The molecule has 0 aliphatic heterocycles. The van der Waals surface area contributed by atoms with Crippen LogP contribution in [-0.2, 0) is 12.8 Å². The van der Waals surface area contributed by atoms with E-state index in [1.807, 2.05) is 9.00 Å². The van der Waals surface area contributed by atoms with Crippen LogP contribution < -0.4 is 9.00 Å². The van der Waals surface area contributed by atoms with Crippen molar-refractivity contribution in [2.75, 3.05) is 0 Å². The second-order valence-corrected chi connectivity index (χ2v) is 13.3. The van der Waals surface area contributed by atoms with Gasteiger partial charge in [0.15, 0.2) is 0 Å². The first-order valence-electron chi connectivity index (χ1n) is 7.17. The van der Waals surface area contributed by atoms with Gasteiger partial charge < -0.3 is 0 Å². The number of hydrogen-bond donors (Lipinski definition) is 0. The molecule has 1 heterocycles. The van der Waals surface area contributed by atoms with Crippen molar-refractivity contribution in [2.45, 2.75) is 65.7 Å². The highest BCUT2D eigenvalue weighted by atomic mass is 32.1. The van der Waals surface area contributed by atoms with Gasteiger partial charge in [-0.2, -0.15) is 11.3 Å². The van der Waals surface area contributed by atoms with Crippen LogP contribution in [0.4, 0.5) is 0 Å². The van der Waals surface area contributed by atoms with Crippen molar-refractivity contribution in [3.63, 3.8) is 0 Å². The van der Waals surface area contributed by atoms with E-state index in [4.69, 9.17) is 0 Å². The number of rotatable bonds is 6. The predicted octanol–water partition coefficient (Wildman–Crippen LogP) is 3.04. The molecule has 1 rings (SSSR count). The Morgan fingerprint density at radius 1 is 0.765 bits per heavy atom. The molecule has 0 atom stereocenters. The molecule has 0 aliphatic carbocycles. The topological polar surface area (TPSA) is 0 Å². The normalized spacial score (nSPS) is 11.8. The molecule has 17 heavy (non-hydrogen) atoms. The minimum atomic E-state index is -0.632. The van der Waals surface area contributed by atoms with E-state index in [0.717, 1.165) is 0 Å². The molecule has 0 nitrogen and oxygen atoms in total. The lowest BCUT2D eigenvalue weighted by molar-refractivity contribution is 0.875. The summed E-state index contributed by atoms with van der Waals surface area (Å²) in [5.41, 5.74) is 3.58. The van der Waals surface area contributed by atoms with Gasteiger partial charge in [0.05, 0.1) is 17.6 Å². The molecule has 0 spiro atoms. The van der Waals surface area contributed by atoms with E-state index in [-0.39, 0.29) is 0 Å². The first kappa shape index (κ1) is 15.2. The van der Waals surface area contributed by atoms with E-state index >= 15 is 0 Å². The van der Waals surface area contributed by atoms with Gasteiger partial charge in [0, 0.05) is 0 Å². The Kier molecular flexibility index (Phi) is 6.17. The Hall–Kier alpha value is 0.134. The zero-order valence-electron chi connectivity index (χ0n) is 12.4. The quantitative estimate of drug-likeness (QED) is 0.705. The molecule has 0 amide bonds. The van der Waals surface area contributed by atoms with Crippen LogP contribution in [0.5, 0.6) is 0 Å². The molecule has 0 bridgehead atoms. The molecule has 0 saturated carbocycles. The van der Waals surface area contributed by atoms with Gasteiger partial charge >= 0.3 is 0 Å². The summed E-state index contributed by atoms with van der Waals surface area (Å²) >= 11 is 2.21. The van der Waals surface area contributed by atoms with E-state index in [2.05, 4.69) is 51.4 Å². The summed E-state index contributed by atoms with van der Waals surface area (Å²) in [4.78, 5) is 0. The number of thiophene rings is 1. The fraction of sp³-hybridized carbons (Fsp3) is 0.714. The standard InChI is InChI=1S/C14H28SSi2/c1-7-9-11-12(10-8-2)14(17(5)6)15-13(11)16(3)4/h16-17H,7-10H2,1-6H3. The van der Waals surface area contributed by atoms with Gasteiger partial charge in [-0.05, 0) is 33.0 Å². The van der Waals surface area contributed by atoms with Gasteiger partial charge in [-0.3, -0.25) is 0 Å². The third kappa shape index (κ3) is 3.55. The van der Waals surface area contributed by atoms with Gasteiger partial charge in [0.1, 0.15) is 0 Å². The van der Waals surface area contributed by atoms with Gasteiger partial charge in [0.2, 0.25) is 0 Å². The van der Waals surface area contributed by atoms with Gasteiger partial charge in [-0.15, -0.1) is 0 Å². The van der Waals surface area contributed by atoms with Crippen molar-refractivity contribution >= 4 is 37.9 Å². The maximum Gasteiger partial charge on any atom is 0.0779 e. The van der Waals surface area contributed by atoms with Gasteiger partial charge in [0.25, 0.3) is 0 Å². The van der Waals surface area contributed by atoms with E-state index in [0.29, 0.717) is 0 Å². The summed E-state index contributed by atoms with van der Waals surface area (Å²) < 4.78 is 3.65. The second-order valence-electron chi connectivity index (χ2n) is 5.60. The lowest BCUT2D eigenvalue weighted by Crippen LogP contribution is -2.23. The molecule has 0 aromatic carbocycles. The summed E-state index contributed by atoms with van der Waals surface area (Å²) in [6.07, 6.45) is 5.27. The van der Waals surface area contributed by atoms with E-state index in [9.17, 15) is 0 Å². The molecule has 0 radical (unpaired) electrons. The maximum atomic E-state index is 2.49. The monoisotopic (exact) mass is 284 g/mol. The van der Waals surface area contributed by atoms with Gasteiger partial charge in [-0.1, -0.05) is 52.9 Å². The Balaban J connectivity index is 3.27. The Morgan fingerprint density at radius 3 is 1.35 bits per heavy atom. The molecule has 3 heteroatoms. The van der Waals surface area contributed by atoms with E-state index in [1.165, 1.54) is 25.7 Å². The third-order valence-electron chi connectivity index (χ3n) is 3.23. The molecule has 0 saturated heterocycles. The fourth-order valence-electron chi connectivity index (χ4n) is 2.52. The van der Waals surface area contributed by atoms with E-state index < -0.39 is 17.6 Å². The van der Waals surface area contributed by atoms with Crippen molar-refractivity contribution < 1.29 is 0 Å². The summed E-state index contributed by atoms with van der Waals surface area (Å²) in [7, 11) is -1.26. The SMILES string of the molecule is CCCc1c([SiH](C)C)sc([SiH](C)C)c1CCC. The Bertz CT molecular complexity index is 321. The van der Waals surface area contributed by atoms with Crippen LogP contribution >= 0.6 is 11.3 Å². The van der Waals surface area contributed by atoms with Crippen molar-refractivity contribution in [3.05, 3.63) is 11.1 Å². The molecule has 0 unspecified atom stereocenters. The maximum absolute atomic E-state index is 2.49. The highest BCUT2D eigenvalue weighted by Crippen LogP contribution is 2.17. The van der Waals surface area contributed by atoms with Crippen LogP contribution in [0.25, 0.3) is 0 Å². The van der Waals surface area contributed by atoms with Crippen molar-refractivity contribution in [1.29, 1.82) is 0 Å². The molecule has 0 aliphatic rings. The van der Waals surface area contributed by atoms with Crippen LogP contribution in [0.15, 0.2) is 0 Å². The van der Waals surface area contributed by atoms with Gasteiger partial charge in [-0.25, -0.2) is 0 Å². The molecule has 1 aromatic rings. The minimum Gasteiger partial charge on any atom is -0.155 e. The smallest absolute Gasteiger partial charge is 0.0779 e. The van der Waals surface area contributed by atoms with Crippen LogP contribution in [-0.4, -0.2) is 17.6 Å². The number of hydrogen-bond acceptors (Lipinski definition) is 1. The molecular formula is C14H28SSi2. The molecular weight excluding hydrogens is 256 g/mol. The third-order valence-corrected chi connectivity index (χ3v) is 10.5. The highest BCUT2D eigenvalue weighted by molar-refractivity contribution is 7.32. The van der Waals surface area contributed by atoms with Crippen molar-refractivity contribution in [1.82, 2.24) is 0 Å². The second kappa shape index (κ2) is 6.90. The summed E-state index contributed by atoms with van der Waals surface area (Å²) in [6, 6.07) is 0. The first-order valence-corrected chi connectivity index (χ1v) is 13.8. The molecule has 1 aromatic heterocycles. The highest BCUT2D eigenvalue weighted by Gasteiger charge is 2.20. The Morgan fingerprint density at radius 2 is 1.12 bits per heavy atom. The average Bonchev–Trinajstić information content (AvgIpc) is 2.59. The summed E-state index contributed by atoms with van der Waals surface area (Å²) in [5.74, 6) is 0. The van der Waals surface area contributed by atoms with Crippen LogP contribution in [0.1, 0.15) is 37.8 Å². The fourth-order valence-corrected chi connectivity index (χ4v) is 8.54. The lowest BCUT2D eigenvalue weighted by Gasteiger charge is -2.09. The molecule has 98 valence electrons. The predicted molar refractivity (Wildman–Crippen MR) is 89.3 cm³/mol. The van der Waals surface area contributed by atoms with Crippen LogP contribution in [0, 0.1) is 0 Å². The molecule has 0 N–H and O–H groups in total. The molecule has 0 fully saturated rings. The summed E-state index contributed by atoms with van der Waals surface area (Å²) in [5, 5.41) is 0. The van der Waals surface area contributed by atoms with E-state index in [1.54, 1.807) is 11.1 Å². The zero-order valence-corrected chi connectivity index (χ0v) is 15.5. The minimum absolute atomic E-state index is 0.632. The van der Waals surface area contributed by atoms with Crippen molar-refractivity contribution in [3.8, 4) is 0 Å². The lowest BCUT2D eigenvalue weighted by atomic mass is 10.1. The summed E-state index contributed by atoms with van der Waals surface area (Å²) in [6.45, 7) is 14.6. The van der Waals surface area contributed by atoms with Crippen molar-refractivity contribution in [2.24, 2.45) is 0 Å². The largest absolute Gasteiger partial charge is 0.155 e.